The number of nitriles is 1. The number of rotatable bonds is 6. The molecule has 7 nitrogen and oxygen atoms in total. The van der Waals surface area contributed by atoms with Crippen LogP contribution < -0.4 is 14.8 Å². The number of fused-ring (bicyclic) bond motifs is 2. The third-order valence-electron chi connectivity index (χ3n) is 4.39. The fourth-order valence-corrected chi connectivity index (χ4v) is 2.96. The molecular formula is C23H20N2O5. The quantitative estimate of drug-likeness (QED) is 0.293. The predicted molar refractivity (Wildman–Crippen MR) is 110 cm³/mol. The second-order valence-electron chi connectivity index (χ2n) is 6.49. The fourth-order valence-electron chi connectivity index (χ4n) is 2.96. The molecule has 1 heterocycles. The van der Waals surface area contributed by atoms with Crippen LogP contribution in [0, 0.1) is 11.3 Å². The summed E-state index contributed by atoms with van der Waals surface area (Å²) in [4.78, 5) is 24.2. The first-order valence-corrected chi connectivity index (χ1v) is 9.17. The van der Waals surface area contributed by atoms with Crippen LogP contribution in [0.1, 0.15) is 18.1 Å². The molecule has 0 aromatic heterocycles. The highest BCUT2D eigenvalue weighted by Crippen LogP contribution is 2.45. The topological polar surface area (TPSA) is 97.7 Å². The van der Waals surface area contributed by atoms with Crippen LogP contribution in [0.4, 0.5) is 0 Å². The zero-order valence-electron chi connectivity index (χ0n) is 16.7. The summed E-state index contributed by atoms with van der Waals surface area (Å²) in [6, 6.07) is 14.4. The monoisotopic (exact) mass is 404 g/mol. The van der Waals surface area contributed by atoms with Gasteiger partial charge in [0.25, 0.3) is 5.91 Å². The fraction of sp³-hybridized carbons (Fsp3) is 0.174. The minimum Gasteiger partial charge on any atom is -0.497 e. The Kier molecular flexibility index (Phi) is 6.18. The van der Waals surface area contributed by atoms with Crippen molar-refractivity contribution in [3.63, 3.8) is 0 Å². The van der Waals surface area contributed by atoms with Gasteiger partial charge in [0.2, 0.25) is 0 Å². The van der Waals surface area contributed by atoms with E-state index in [9.17, 15) is 14.9 Å². The first kappa shape index (κ1) is 20.7. The second kappa shape index (κ2) is 8.97. The summed E-state index contributed by atoms with van der Waals surface area (Å²) in [7, 11) is 1.55. The Labute approximate surface area is 174 Å². The number of para-hydroxylation sites is 1. The van der Waals surface area contributed by atoms with Crippen molar-refractivity contribution in [3.05, 3.63) is 71.3 Å². The van der Waals surface area contributed by atoms with Gasteiger partial charge in [-0.15, -0.1) is 0 Å². The normalized spacial score (nSPS) is 13.0. The lowest BCUT2D eigenvalue weighted by molar-refractivity contribution is -0.139. The summed E-state index contributed by atoms with van der Waals surface area (Å²) in [5.74, 6) is 0.500. The molecule has 0 atom stereocenters. The van der Waals surface area contributed by atoms with Gasteiger partial charge < -0.3 is 19.5 Å². The van der Waals surface area contributed by atoms with E-state index in [1.807, 2.05) is 12.1 Å². The summed E-state index contributed by atoms with van der Waals surface area (Å²) in [6.45, 7) is 5.06. The standard InChI is InChI=1S/C23H20N2O5/c1-14(2)23(27)29-11-10-25-22(26)18(13-24)21-16-6-4-5-7-19(16)30-20-12-15(28-3)8-9-17(20)21/h4-9,12H,1,10-11H2,2-3H3,(H,25,26)/b21-18-. The molecule has 0 saturated heterocycles. The molecule has 0 spiro atoms. The number of nitrogens with one attached hydrogen (secondary N) is 1. The number of benzene rings is 2. The summed E-state index contributed by atoms with van der Waals surface area (Å²) >= 11 is 0. The molecule has 3 rings (SSSR count). The molecule has 0 bridgehead atoms. The van der Waals surface area contributed by atoms with E-state index in [4.69, 9.17) is 14.2 Å². The summed E-state index contributed by atoms with van der Waals surface area (Å²) < 4.78 is 16.2. The third-order valence-corrected chi connectivity index (χ3v) is 4.39. The van der Waals surface area contributed by atoms with Gasteiger partial charge in [-0.1, -0.05) is 24.8 Å². The Morgan fingerprint density at radius 2 is 1.90 bits per heavy atom. The Bertz CT molecular complexity index is 1100. The van der Waals surface area contributed by atoms with Crippen molar-refractivity contribution >= 4 is 17.4 Å². The number of methoxy groups -OCH3 is 1. The molecule has 1 aliphatic heterocycles. The Morgan fingerprint density at radius 3 is 2.60 bits per heavy atom. The van der Waals surface area contributed by atoms with Gasteiger partial charge in [0.15, 0.2) is 0 Å². The molecule has 2 aromatic carbocycles. The molecule has 0 unspecified atom stereocenters. The second-order valence-corrected chi connectivity index (χ2v) is 6.49. The van der Waals surface area contributed by atoms with Gasteiger partial charge in [0, 0.05) is 28.3 Å². The van der Waals surface area contributed by atoms with E-state index >= 15 is 0 Å². The van der Waals surface area contributed by atoms with E-state index in [2.05, 4.69) is 11.9 Å². The molecule has 0 fully saturated rings. The average molecular weight is 404 g/mol. The Morgan fingerprint density at radius 1 is 1.17 bits per heavy atom. The van der Waals surface area contributed by atoms with Crippen molar-refractivity contribution in [1.82, 2.24) is 5.32 Å². The third kappa shape index (κ3) is 4.18. The van der Waals surface area contributed by atoms with Crippen LogP contribution in [0.25, 0.3) is 5.57 Å². The van der Waals surface area contributed by atoms with E-state index in [1.165, 1.54) is 6.92 Å². The van der Waals surface area contributed by atoms with Gasteiger partial charge in [-0.2, -0.15) is 5.26 Å². The van der Waals surface area contributed by atoms with E-state index in [0.717, 1.165) is 0 Å². The van der Waals surface area contributed by atoms with Gasteiger partial charge in [-0.25, -0.2) is 4.79 Å². The van der Waals surface area contributed by atoms with Crippen molar-refractivity contribution in [2.75, 3.05) is 20.3 Å². The maximum atomic E-state index is 12.8. The molecule has 2 aromatic rings. The first-order chi connectivity index (χ1) is 14.5. The van der Waals surface area contributed by atoms with E-state index in [0.29, 0.717) is 33.9 Å². The van der Waals surface area contributed by atoms with E-state index < -0.39 is 11.9 Å². The van der Waals surface area contributed by atoms with Crippen LogP contribution >= 0.6 is 0 Å². The first-order valence-electron chi connectivity index (χ1n) is 9.17. The number of hydrogen-bond donors (Lipinski definition) is 1. The summed E-state index contributed by atoms with van der Waals surface area (Å²) in [5.41, 5.74) is 1.91. The summed E-state index contributed by atoms with van der Waals surface area (Å²) in [5, 5.41) is 12.4. The van der Waals surface area contributed by atoms with Gasteiger partial charge in [-0.05, 0) is 25.1 Å². The number of nitrogens with zero attached hydrogens (tertiary/aromatic N) is 1. The number of hydrogen-bond acceptors (Lipinski definition) is 6. The number of carbonyl (C=O) groups is 2. The average Bonchev–Trinajstić information content (AvgIpc) is 2.75. The SMILES string of the molecule is C=C(C)C(=O)OCCNC(=O)/C(C#N)=C1/c2ccccc2Oc2cc(OC)ccc21. The Balaban J connectivity index is 1.94. The molecule has 0 saturated carbocycles. The van der Waals surface area contributed by atoms with E-state index in [1.54, 1.807) is 43.5 Å². The number of amides is 1. The molecule has 1 aliphatic rings. The van der Waals surface area contributed by atoms with Crippen molar-refractivity contribution in [3.8, 4) is 23.3 Å². The maximum Gasteiger partial charge on any atom is 0.333 e. The van der Waals surface area contributed by atoms with Crippen molar-refractivity contribution in [1.29, 1.82) is 5.26 Å². The van der Waals surface area contributed by atoms with Crippen LogP contribution in [0.5, 0.6) is 17.2 Å². The molecule has 0 radical (unpaired) electrons. The van der Waals surface area contributed by atoms with Crippen molar-refractivity contribution in [2.24, 2.45) is 0 Å². The maximum absolute atomic E-state index is 12.8. The highest BCUT2D eigenvalue weighted by Gasteiger charge is 2.28. The van der Waals surface area contributed by atoms with Gasteiger partial charge in [-0.3, -0.25) is 4.79 Å². The number of ether oxygens (including phenoxy) is 3. The van der Waals surface area contributed by atoms with Crippen LogP contribution in [0.2, 0.25) is 0 Å². The molecule has 0 aliphatic carbocycles. The lowest BCUT2D eigenvalue weighted by atomic mass is 9.89. The molecular weight excluding hydrogens is 384 g/mol. The lowest BCUT2D eigenvalue weighted by Crippen LogP contribution is -2.30. The smallest absolute Gasteiger partial charge is 0.333 e. The minimum atomic E-state index is -0.572. The van der Waals surface area contributed by atoms with Crippen LogP contribution in [-0.4, -0.2) is 32.1 Å². The molecule has 1 amide bonds. The predicted octanol–water partition coefficient (Wildman–Crippen LogP) is 3.36. The van der Waals surface area contributed by atoms with Gasteiger partial charge in [0.05, 0.1) is 13.7 Å². The lowest BCUT2D eigenvalue weighted by Gasteiger charge is -2.24. The zero-order valence-corrected chi connectivity index (χ0v) is 16.7. The molecule has 152 valence electrons. The Hall–Kier alpha value is -4.05. The van der Waals surface area contributed by atoms with Crippen molar-refractivity contribution in [2.45, 2.75) is 6.92 Å². The molecule has 7 heteroatoms. The highest BCUT2D eigenvalue weighted by molar-refractivity contribution is 6.09. The zero-order chi connectivity index (χ0) is 21.7. The van der Waals surface area contributed by atoms with Gasteiger partial charge >= 0.3 is 5.97 Å². The van der Waals surface area contributed by atoms with Crippen molar-refractivity contribution < 1.29 is 23.8 Å². The van der Waals surface area contributed by atoms with Crippen LogP contribution in [0.15, 0.2) is 60.2 Å². The summed E-state index contributed by atoms with van der Waals surface area (Å²) in [6.07, 6.45) is 0. The van der Waals surface area contributed by atoms with Gasteiger partial charge in [0.1, 0.15) is 35.5 Å². The molecule has 1 N–H and O–H groups in total. The highest BCUT2D eigenvalue weighted by atomic mass is 16.5. The van der Waals surface area contributed by atoms with Crippen LogP contribution in [0.3, 0.4) is 0 Å². The van der Waals surface area contributed by atoms with Crippen LogP contribution in [-0.2, 0) is 14.3 Å². The van der Waals surface area contributed by atoms with E-state index in [-0.39, 0.29) is 24.3 Å². The largest absolute Gasteiger partial charge is 0.497 e. The number of esters is 1. The molecule has 30 heavy (non-hydrogen) atoms. The number of carbonyl (C=O) groups excluding carboxylic acids is 2. The minimum absolute atomic E-state index is 0.0288.